The van der Waals surface area contributed by atoms with Crippen molar-refractivity contribution in [2.24, 2.45) is 5.92 Å². The van der Waals surface area contributed by atoms with E-state index in [1.807, 2.05) is 0 Å². The van der Waals surface area contributed by atoms with Crippen molar-refractivity contribution in [1.29, 1.82) is 0 Å². The monoisotopic (exact) mass is 229 g/mol. The van der Waals surface area contributed by atoms with Crippen molar-refractivity contribution in [3.05, 3.63) is 0 Å². The van der Waals surface area contributed by atoms with Crippen molar-refractivity contribution in [3.8, 4) is 0 Å². The number of hydrogen-bond acceptors (Lipinski definition) is 3. The lowest BCUT2D eigenvalue weighted by Gasteiger charge is -2.33. The van der Waals surface area contributed by atoms with Gasteiger partial charge >= 0.3 is 0 Å². The third-order valence-electron chi connectivity index (χ3n) is 3.37. The number of unbranched alkanes of at least 4 members (excludes halogenated alkanes) is 1. The summed E-state index contributed by atoms with van der Waals surface area (Å²) in [6, 6.07) is 0. The van der Waals surface area contributed by atoms with E-state index in [1.54, 1.807) is 0 Å². The van der Waals surface area contributed by atoms with Crippen molar-refractivity contribution in [2.75, 3.05) is 26.4 Å². The quantitative estimate of drug-likeness (QED) is 0.563. The molecule has 3 heteroatoms. The number of rotatable bonds is 10. The van der Waals surface area contributed by atoms with Gasteiger partial charge in [0.05, 0.1) is 18.8 Å². The normalized spacial score (nSPS) is 19.7. The number of nitrogens with one attached hydrogen (secondary N) is 1. The second kappa shape index (κ2) is 7.25. The van der Waals surface area contributed by atoms with E-state index in [0.29, 0.717) is 12.5 Å². The first-order valence-corrected chi connectivity index (χ1v) is 6.72. The summed E-state index contributed by atoms with van der Waals surface area (Å²) < 4.78 is 5.71. The van der Waals surface area contributed by atoms with Gasteiger partial charge in [-0.25, -0.2) is 0 Å². The fraction of sp³-hybridized carbons (Fsp3) is 1.00. The third kappa shape index (κ3) is 4.04. The van der Waals surface area contributed by atoms with Crippen LogP contribution in [0, 0.1) is 5.92 Å². The molecule has 0 aliphatic heterocycles. The summed E-state index contributed by atoms with van der Waals surface area (Å²) in [5.74, 6) is 0.616. The molecule has 0 aromatic carbocycles. The lowest BCUT2D eigenvalue weighted by molar-refractivity contribution is 0.0228. The van der Waals surface area contributed by atoms with Gasteiger partial charge in [0.15, 0.2) is 0 Å². The molecule has 1 fully saturated rings. The van der Waals surface area contributed by atoms with Crippen molar-refractivity contribution >= 4 is 0 Å². The number of hydrogen-bond donors (Lipinski definition) is 2. The number of aliphatic hydroxyl groups is 1. The predicted molar refractivity (Wildman–Crippen MR) is 66.6 cm³/mol. The molecule has 0 saturated heterocycles. The molecule has 1 aliphatic rings. The summed E-state index contributed by atoms with van der Waals surface area (Å²) in [6.45, 7) is 6.96. The van der Waals surface area contributed by atoms with Crippen LogP contribution in [0.1, 0.15) is 46.0 Å². The minimum atomic E-state index is -0.163. The Bertz CT molecular complexity index is 183. The van der Waals surface area contributed by atoms with Crippen LogP contribution in [0.15, 0.2) is 0 Å². The van der Waals surface area contributed by atoms with E-state index < -0.39 is 0 Å². The first-order chi connectivity index (χ1) is 7.79. The summed E-state index contributed by atoms with van der Waals surface area (Å²) in [4.78, 5) is 0. The molecule has 0 bridgehead atoms. The largest absolute Gasteiger partial charge is 0.394 e. The summed E-state index contributed by atoms with van der Waals surface area (Å²) in [6.07, 6.45) is 5.84. The average molecular weight is 229 g/mol. The zero-order valence-corrected chi connectivity index (χ0v) is 10.8. The van der Waals surface area contributed by atoms with Gasteiger partial charge in [-0.2, -0.15) is 0 Å². The number of ether oxygens (including phenoxy) is 1. The van der Waals surface area contributed by atoms with Gasteiger partial charge in [-0.1, -0.05) is 20.3 Å². The van der Waals surface area contributed by atoms with Crippen molar-refractivity contribution in [1.82, 2.24) is 5.32 Å². The standard InChI is InChI=1S/C13H27NO2/c1-3-5-9-16-11-13(10-15,12-6-7-12)14-8-4-2/h12,14-15H,3-11H2,1-2H3. The zero-order valence-electron chi connectivity index (χ0n) is 10.8. The second-order valence-corrected chi connectivity index (χ2v) is 4.92. The van der Waals surface area contributed by atoms with Gasteiger partial charge < -0.3 is 15.2 Å². The third-order valence-corrected chi connectivity index (χ3v) is 3.37. The summed E-state index contributed by atoms with van der Waals surface area (Å²) in [5.41, 5.74) is -0.163. The Morgan fingerprint density at radius 2 is 2.06 bits per heavy atom. The lowest BCUT2D eigenvalue weighted by Crippen LogP contribution is -2.54. The molecule has 0 amide bonds. The lowest BCUT2D eigenvalue weighted by atomic mass is 9.95. The first kappa shape index (κ1) is 13.9. The molecule has 2 N–H and O–H groups in total. The molecule has 3 nitrogen and oxygen atoms in total. The predicted octanol–water partition coefficient (Wildman–Crippen LogP) is 1.94. The molecule has 1 unspecified atom stereocenters. The highest BCUT2D eigenvalue weighted by Crippen LogP contribution is 2.39. The van der Waals surface area contributed by atoms with E-state index in [0.717, 1.165) is 32.4 Å². The average Bonchev–Trinajstić information content (AvgIpc) is 3.13. The molecule has 0 aromatic rings. The van der Waals surface area contributed by atoms with Crippen LogP contribution in [0.25, 0.3) is 0 Å². The van der Waals surface area contributed by atoms with Crippen LogP contribution in [0.5, 0.6) is 0 Å². The Labute approximate surface area is 99.6 Å². The van der Waals surface area contributed by atoms with E-state index in [4.69, 9.17) is 4.74 Å². The van der Waals surface area contributed by atoms with Gasteiger partial charge in [-0.15, -0.1) is 0 Å². The highest BCUT2D eigenvalue weighted by molar-refractivity contribution is 5.00. The van der Waals surface area contributed by atoms with Gasteiger partial charge in [-0.05, 0) is 38.1 Å². The summed E-state index contributed by atoms with van der Waals surface area (Å²) >= 11 is 0. The van der Waals surface area contributed by atoms with Gasteiger partial charge in [0.2, 0.25) is 0 Å². The summed E-state index contributed by atoms with van der Waals surface area (Å²) in [7, 11) is 0. The van der Waals surface area contributed by atoms with E-state index in [2.05, 4.69) is 19.2 Å². The molecule has 1 rings (SSSR count). The van der Waals surface area contributed by atoms with E-state index in [1.165, 1.54) is 12.8 Å². The Morgan fingerprint density at radius 3 is 2.56 bits per heavy atom. The maximum absolute atomic E-state index is 9.63. The molecule has 0 heterocycles. The highest BCUT2D eigenvalue weighted by atomic mass is 16.5. The van der Waals surface area contributed by atoms with Gasteiger partial charge in [0.1, 0.15) is 0 Å². The fourth-order valence-corrected chi connectivity index (χ4v) is 2.05. The molecule has 1 atom stereocenters. The first-order valence-electron chi connectivity index (χ1n) is 6.72. The van der Waals surface area contributed by atoms with Crippen molar-refractivity contribution in [3.63, 3.8) is 0 Å². The van der Waals surface area contributed by atoms with Crippen LogP contribution in [-0.4, -0.2) is 37.0 Å². The smallest absolute Gasteiger partial charge is 0.0679 e. The van der Waals surface area contributed by atoms with E-state index in [-0.39, 0.29) is 12.1 Å². The van der Waals surface area contributed by atoms with E-state index in [9.17, 15) is 5.11 Å². The molecule has 16 heavy (non-hydrogen) atoms. The SMILES string of the molecule is CCCCOCC(CO)(NCCC)C1CC1. The Morgan fingerprint density at radius 1 is 1.31 bits per heavy atom. The molecular weight excluding hydrogens is 202 g/mol. The molecule has 0 spiro atoms. The maximum Gasteiger partial charge on any atom is 0.0679 e. The molecule has 1 aliphatic carbocycles. The van der Waals surface area contributed by atoms with Gasteiger partial charge in [0, 0.05) is 6.61 Å². The molecule has 0 radical (unpaired) electrons. The van der Waals surface area contributed by atoms with Crippen molar-refractivity contribution in [2.45, 2.75) is 51.5 Å². The Balaban J connectivity index is 2.35. The van der Waals surface area contributed by atoms with Crippen LogP contribution in [-0.2, 0) is 4.74 Å². The van der Waals surface area contributed by atoms with Crippen LogP contribution in [0.2, 0.25) is 0 Å². The second-order valence-electron chi connectivity index (χ2n) is 4.92. The van der Waals surface area contributed by atoms with Crippen LogP contribution >= 0.6 is 0 Å². The van der Waals surface area contributed by atoms with Crippen LogP contribution in [0.3, 0.4) is 0 Å². The maximum atomic E-state index is 9.63. The minimum absolute atomic E-state index is 0.163. The van der Waals surface area contributed by atoms with Gasteiger partial charge in [0.25, 0.3) is 0 Å². The minimum Gasteiger partial charge on any atom is -0.394 e. The fourth-order valence-electron chi connectivity index (χ4n) is 2.05. The molecule has 0 aromatic heterocycles. The number of aliphatic hydroxyl groups excluding tert-OH is 1. The van der Waals surface area contributed by atoms with Crippen LogP contribution < -0.4 is 5.32 Å². The summed E-state index contributed by atoms with van der Waals surface area (Å²) in [5, 5.41) is 13.1. The zero-order chi connectivity index (χ0) is 11.9. The van der Waals surface area contributed by atoms with Gasteiger partial charge in [-0.3, -0.25) is 0 Å². The molecular formula is C13H27NO2. The highest BCUT2D eigenvalue weighted by Gasteiger charge is 2.44. The van der Waals surface area contributed by atoms with Crippen LogP contribution in [0.4, 0.5) is 0 Å². The Hall–Kier alpha value is -0.120. The topological polar surface area (TPSA) is 41.5 Å². The van der Waals surface area contributed by atoms with E-state index >= 15 is 0 Å². The molecule has 1 saturated carbocycles. The van der Waals surface area contributed by atoms with Crippen molar-refractivity contribution < 1.29 is 9.84 Å². The Kier molecular flexibility index (Phi) is 6.32. The molecule has 96 valence electrons.